The molecule has 0 aliphatic carbocycles. The average Bonchev–Trinajstić information content (AvgIpc) is 2.75. The molecule has 1 N–H and O–H groups in total. The summed E-state index contributed by atoms with van der Waals surface area (Å²) in [6, 6.07) is 5.62. The molecule has 1 aromatic rings. The lowest BCUT2D eigenvalue weighted by atomic mass is 10.1. The first-order valence-electron chi connectivity index (χ1n) is 5.94. The molecule has 0 amide bonds. The Morgan fingerprint density at radius 3 is 3.11 bits per heavy atom. The van der Waals surface area contributed by atoms with Gasteiger partial charge in [-0.3, -0.25) is 4.79 Å². The molecule has 5 heteroatoms. The number of aromatic nitrogens is 1. The minimum Gasteiger partial charge on any atom is -0.481 e. The van der Waals surface area contributed by atoms with Gasteiger partial charge in [-0.05, 0) is 31.4 Å². The number of rotatable bonds is 3. The van der Waals surface area contributed by atoms with E-state index in [2.05, 4.69) is 16.0 Å². The molecule has 1 atom stereocenters. The van der Waals surface area contributed by atoms with Crippen molar-refractivity contribution in [3.05, 3.63) is 23.4 Å². The second-order valence-electron chi connectivity index (χ2n) is 4.67. The average molecular weight is 245 g/mol. The highest BCUT2D eigenvalue weighted by Crippen LogP contribution is 2.25. The first kappa shape index (κ1) is 12.4. The van der Waals surface area contributed by atoms with Crippen molar-refractivity contribution in [1.82, 2.24) is 4.98 Å². The Morgan fingerprint density at radius 2 is 2.44 bits per heavy atom. The summed E-state index contributed by atoms with van der Waals surface area (Å²) >= 11 is 0. The van der Waals surface area contributed by atoms with Gasteiger partial charge >= 0.3 is 5.97 Å². The number of nitriles is 1. The molecule has 0 bridgehead atoms. The fraction of sp³-hybridized carbons (Fsp3) is 0.462. The number of carbonyl (C=O) groups is 1. The fourth-order valence-electron chi connectivity index (χ4n) is 2.33. The van der Waals surface area contributed by atoms with Crippen molar-refractivity contribution in [2.45, 2.75) is 19.8 Å². The third-order valence-corrected chi connectivity index (χ3v) is 3.14. The third kappa shape index (κ3) is 2.77. The zero-order chi connectivity index (χ0) is 13.1. The van der Waals surface area contributed by atoms with Gasteiger partial charge in [-0.2, -0.15) is 5.26 Å². The van der Waals surface area contributed by atoms with Crippen LogP contribution in [0.5, 0.6) is 0 Å². The van der Waals surface area contributed by atoms with Crippen LogP contribution in [0.1, 0.15) is 24.1 Å². The zero-order valence-corrected chi connectivity index (χ0v) is 10.3. The number of carboxylic acid groups (broad SMARTS) is 1. The van der Waals surface area contributed by atoms with Crippen LogP contribution in [-0.4, -0.2) is 29.1 Å². The van der Waals surface area contributed by atoms with E-state index in [1.165, 1.54) is 0 Å². The maximum absolute atomic E-state index is 10.7. The number of aliphatic carboxylic acids is 1. The standard InChI is InChI=1S/C13H15N3O2/c1-9-4-11(7-14)5-12(15-9)16-3-2-10(8-16)6-13(17)18/h4-5,10H,2-3,6,8H2,1H3,(H,17,18). The highest BCUT2D eigenvalue weighted by molar-refractivity contribution is 5.67. The summed E-state index contributed by atoms with van der Waals surface area (Å²) in [5, 5.41) is 17.7. The van der Waals surface area contributed by atoms with Crippen LogP contribution in [0.25, 0.3) is 0 Å². The second kappa shape index (κ2) is 5.05. The summed E-state index contributed by atoms with van der Waals surface area (Å²) in [6.45, 7) is 3.36. The lowest BCUT2D eigenvalue weighted by molar-refractivity contribution is -0.137. The number of nitrogens with zero attached hydrogens (tertiary/aromatic N) is 3. The molecule has 1 aliphatic heterocycles. The van der Waals surface area contributed by atoms with E-state index in [1.807, 2.05) is 6.92 Å². The van der Waals surface area contributed by atoms with Crippen molar-refractivity contribution in [2.75, 3.05) is 18.0 Å². The highest BCUT2D eigenvalue weighted by Gasteiger charge is 2.25. The molecule has 0 spiro atoms. The maximum Gasteiger partial charge on any atom is 0.303 e. The van der Waals surface area contributed by atoms with Gasteiger partial charge in [-0.25, -0.2) is 4.98 Å². The summed E-state index contributed by atoms with van der Waals surface area (Å²) < 4.78 is 0. The van der Waals surface area contributed by atoms with Crippen LogP contribution in [0, 0.1) is 24.2 Å². The van der Waals surface area contributed by atoms with E-state index in [1.54, 1.807) is 12.1 Å². The Labute approximate surface area is 106 Å². The SMILES string of the molecule is Cc1cc(C#N)cc(N2CCC(CC(=O)O)C2)n1. The van der Waals surface area contributed by atoms with Crippen molar-refractivity contribution >= 4 is 11.8 Å². The van der Waals surface area contributed by atoms with E-state index < -0.39 is 5.97 Å². The van der Waals surface area contributed by atoms with Crippen molar-refractivity contribution in [2.24, 2.45) is 5.92 Å². The molecule has 0 radical (unpaired) electrons. The molecule has 5 nitrogen and oxygen atoms in total. The first-order valence-corrected chi connectivity index (χ1v) is 5.94. The van der Waals surface area contributed by atoms with E-state index >= 15 is 0 Å². The summed E-state index contributed by atoms with van der Waals surface area (Å²) in [7, 11) is 0. The van der Waals surface area contributed by atoms with E-state index in [9.17, 15) is 4.79 Å². The maximum atomic E-state index is 10.7. The van der Waals surface area contributed by atoms with Gasteiger partial charge < -0.3 is 10.0 Å². The van der Waals surface area contributed by atoms with Gasteiger partial charge in [0, 0.05) is 25.2 Å². The quantitative estimate of drug-likeness (QED) is 0.874. The lowest BCUT2D eigenvalue weighted by Crippen LogP contribution is -2.21. The minimum atomic E-state index is -0.753. The number of carboxylic acids is 1. The normalized spacial score (nSPS) is 18.7. The molecular weight excluding hydrogens is 230 g/mol. The number of hydrogen-bond acceptors (Lipinski definition) is 4. The Bertz CT molecular complexity index is 507. The summed E-state index contributed by atoms with van der Waals surface area (Å²) in [5.41, 5.74) is 1.41. The molecular formula is C13H15N3O2. The summed E-state index contributed by atoms with van der Waals surface area (Å²) in [4.78, 5) is 17.1. The molecule has 0 aromatic carbocycles. The summed E-state index contributed by atoms with van der Waals surface area (Å²) in [6.07, 6.45) is 1.07. The molecule has 1 aromatic heterocycles. The number of aryl methyl sites for hydroxylation is 1. The molecule has 0 saturated carbocycles. The smallest absolute Gasteiger partial charge is 0.303 e. The van der Waals surface area contributed by atoms with Gasteiger partial charge in [0.15, 0.2) is 0 Å². The molecule has 1 unspecified atom stereocenters. The molecule has 2 heterocycles. The largest absolute Gasteiger partial charge is 0.481 e. The van der Waals surface area contributed by atoms with Gasteiger partial charge in [-0.15, -0.1) is 0 Å². The van der Waals surface area contributed by atoms with Crippen LogP contribution in [0.3, 0.4) is 0 Å². The molecule has 94 valence electrons. The van der Waals surface area contributed by atoms with Crippen molar-refractivity contribution in [3.8, 4) is 6.07 Å². The zero-order valence-electron chi connectivity index (χ0n) is 10.3. The number of anilines is 1. The predicted molar refractivity (Wildman–Crippen MR) is 66.3 cm³/mol. The highest BCUT2D eigenvalue weighted by atomic mass is 16.4. The Kier molecular flexibility index (Phi) is 3.47. The van der Waals surface area contributed by atoms with Crippen LogP contribution < -0.4 is 4.90 Å². The molecule has 1 fully saturated rings. The number of pyridine rings is 1. The van der Waals surface area contributed by atoms with Gasteiger partial charge in [0.25, 0.3) is 0 Å². The molecule has 18 heavy (non-hydrogen) atoms. The van der Waals surface area contributed by atoms with Crippen molar-refractivity contribution < 1.29 is 9.90 Å². The van der Waals surface area contributed by atoms with Gasteiger partial charge in [0.1, 0.15) is 5.82 Å². The van der Waals surface area contributed by atoms with E-state index in [4.69, 9.17) is 10.4 Å². The Balaban J connectivity index is 2.12. The first-order chi connectivity index (χ1) is 8.58. The van der Waals surface area contributed by atoms with Crippen LogP contribution in [0.15, 0.2) is 12.1 Å². The van der Waals surface area contributed by atoms with Crippen LogP contribution in [0.2, 0.25) is 0 Å². The van der Waals surface area contributed by atoms with Crippen LogP contribution in [0.4, 0.5) is 5.82 Å². The fourth-order valence-corrected chi connectivity index (χ4v) is 2.33. The van der Waals surface area contributed by atoms with E-state index in [-0.39, 0.29) is 12.3 Å². The van der Waals surface area contributed by atoms with Gasteiger partial charge in [0.05, 0.1) is 11.6 Å². The van der Waals surface area contributed by atoms with Crippen LogP contribution >= 0.6 is 0 Å². The molecule has 1 saturated heterocycles. The Hall–Kier alpha value is -2.09. The van der Waals surface area contributed by atoms with E-state index in [0.29, 0.717) is 12.1 Å². The monoisotopic (exact) mass is 245 g/mol. The van der Waals surface area contributed by atoms with E-state index in [0.717, 1.165) is 24.5 Å². The number of hydrogen-bond donors (Lipinski definition) is 1. The van der Waals surface area contributed by atoms with Crippen molar-refractivity contribution in [1.29, 1.82) is 5.26 Å². The summed E-state index contributed by atoms with van der Waals surface area (Å²) in [5.74, 6) is 0.201. The van der Waals surface area contributed by atoms with Crippen LogP contribution in [-0.2, 0) is 4.79 Å². The predicted octanol–water partition coefficient (Wildman–Crippen LogP) is 1.56. The van der Waals surface area contributed by atoms with Gasteiger partial charge in [-0.1, -0.05) is 0 Å². The topological polar surface area (TPSA) is 77.2 Å². The van der Waals surface area contributed by atoms with Gasteiger partial charge in [0.2, 0.25) is 0 Å². The second-order valence-corrected chi connectivity index (χ2v) is 4.67. The molecule has 1 aliphatic rings. The third-order valence-electron chi connectivity index (χ3n) is 3.14. The minimum absolute atomic E-state index is 0.176. The van der Waals surface area contributed by atoms with Crippen molar-refractivity contribution in [3.63, 3.8) is 0 Å². The molecule has 2 rings (SSSR count). The Morgan fingerprint density at radius 1 is 1.67 bits per heavy atom. The lowest BCUT2D eigenvalue weighted by Gasteiger charge is -2.17.